The molecule has 1 unspecified atom stereocenters. The van der Waals surface area contributed by atoms with Crippen LogP contribution in [0.5, 0.6) is 0 Å². The van der Waals surface area contributed by atoms with E-state index in [1.165, 1.54) is 32.4 Å². The number of likely N-dealkylation sites (N-methyl/N-ethyl adjacent to an activating group) is 1. The van der Waals surface area contributed by atoms with Gasteiger partial charge in [0.05, 0.1) is 6.54 Å². The van der Waals surface area contributed by atoms with Gasteiger partial charge in [0.15, 0.2) is 5.96 Å². The van der Waals surface area contributed by atoms with Crippen molar-refractivity contribution in [3.63, 3.8) is 0 Å². The van der Waals surface area contributed by atoms with Crippen molar-refractivity contribution in [2.75, 3.05) is 66.6 Å². The highest BCUT2D eigenvalue weighted by atomic mass is 16.5. The smallest absolute Gasteiger partial charge is 0.194 e. The van der Waals surface area contributed by atoms with Gasteiger partial charge in [-0.2, -0.15) is 0 Å². The van der Waals surface area contributed by atoms with Gasteiger partial charge >= 0.3 is 0 Å². The maximum absolute atomic E-state index is 5.59. The first-order valence-electron chi connectivity index (χ1n) is 10.2. The van der Waals surface area contributed by atoms with E-state index in [0.717, 1.165) is 64.2 Å². The van der Waals surface area contributed by atoms with Gasteiger partial charge in [0.1, 0.15) is 0 Å². The van der Waals surface area contributed by atoms with Crippen molar-refractivity contribution >= 4 is 5.96 Å². The minimum Gasteiger partial charge on any atom is -0.381 e. The molecule has 1 atom stereocenters. The molecule has 3 aliphatic rings. The summed E-state index contributed by atoms with van der Waals surface area (Å²) in [6.45, 7) is 10.5. The van der Waals surface area contributed by atoms with Crippen LogP contribution in [0.25, 0.3) is 0 Å². The first-order chi connectivity index (χ1) is 12.1. The Hall–Kier alpha value is -0.850. The molecule has 25 heavy (non-hydrogen) atoms. The Bertz CT molecular complexity index is 441. The summed E-state index contributed by atoms with van der Waals surface area (Å²) in [4.78, 5) is 12.6. The summed E-state index contributed by atoms with van der Waals surface area (Å²) in [7, 11) is 4.38. The summed E-state index contributed by atoms with van der Waals surface area (Å²) >= 11 is 0. The molecule has 3 saturated heterocycles. The summed E-state index contributed by atoms with van der Waals surface area (Å²) in [5, 5.41) is 3.54. The molecule has 0 radical (unpaired) electrons. The average molecular weight is 352 g/mol. The standard InChI is InChI=1S/C19H37N5O/c1-4-20-18(21-16-19(22(2)3)8-13-25-14-9-19)24-12-7-17(15-24)23-10-5-6-11-23/h17H,4-16H2,1-3H3,(H,20,21). The Morgan fingerprint density at radius 2 is 1.92 bits per heavy atom. The normalized spacial score (nSPS) is 28.1. The minimum atomic E-state index is 0.146. The number of ether oxygens (including phenoxy) is 1. The zero-order valence-electron chi connectivity index (χ0n) is 16.5. The molecular weight excluding hydrogens is 314 g/mol. The fourth-order valence-corrected chi connectivity index (χ4v) is 4.48. The number of nitrogens with zero attached hydrogens (tertiary/aromatic N) is 4. The molecule has 0 bridgehead atoms. The lowest BCUT2D eigenvalue weighted by atomic mass is 9.89. The van der Waals surface area contributed by atoms with Crippen LogP contribution in [0, 0.1) is 0 Å². The fourth-order valence-electron chi connectivity index (χ4n) is 4.48. The van der Waals surface area contributed by atoms with Crippen LogP contribution in [-0.4, -0.2) is 98.8 Å². The van der Waals surface area contributed by atoms with Gasteiger partial charge in [-0.1, -0.05) is 0 Å². The first-order valence-corrected chi connectivity index (χ1v) is 10.2. The topological polar surface area (TPSA) is 43.3 Å². The van der Waals surface area contributed by atoms with Gasteiger partial charge in [0, 0.05) is 44.4 Å². The monoisotopic (exact) mass is 351 g/mol. The Labute approximate surface area is 153 Å². The van der Waals surface area contributed by atoms with E-state index in [-0.39, 0.29) is 5.54 Å². The maximum atomic E-state index is 5.59. The fraction of sp³-hybridized carbons (Fsp3) is 0.947. The van der Waals surface area contributed by atoms with Crippen LogP contribution < -0.4 is 5.32 Å². The lowest BCUT2D eigenvalue weighted by molar-refractivity contribution is -0.00263. The van der Waals surface area contributed by atoms with Crippen molar-refractivity contribution in [3.8, 4) is 0 Å². The summed E-state index contributed by atoms with van der Waals surface area (Å²) in [6, 6.07) is 0.720. The second-order valence-corrected chi connectivity index (χ2v) is 8.03. The van der Waals surface area contributed by atoms with Crippen molar-refractivity contribution in [3.05, 3.63) is 0 Å². The average Bonchev–Trinajstić information content (AvgIpc) is 3.30. The lowest BCUT2D eigenvalue weighted by Gasteiger charge is -2.42. The van der Waals surface area contributed by atoms with Gasteiger partial charge in [-0.05, 0) is 66.2 Å². The third-order valence-corrected chi connectivity index (χ3v) is 6.35. The molecular formula is C19H37N5O. The van der Waals surface area contributed by atoms with Crippen LogP contribution in [0.1, 0.15) is 39.0 Å². The highest BCUT2D eigenvalue weighted by molar-refractivity contribution is 5.80. The molecule has 3 rings (SSSR count). The Balaban J connectivity index is 1.64. The van der Waals surface area contributed by atoms with Crippen molar-refractivity contribution in [2.24, 2.45) is 4.99 Å². The van der Waals surface area contributed by atoms with Crippen molar-refractivity contribution in [1.29, 1.82) is 0 Å². The zero-order valence-corrected chi connectivity index (χ0v) is 16.5. The Kier molecular flexibility index (Phi) is 6.58. The quantitative estimate of drug-likeness (QED) is 0.596. The molecule has 6 heteroatoms. The molecule has 0 aromatic carbocycles. The molecule has 6 nitrogen and oxygen atoms in total. The summed E-state index contributed by atoms with van der Waals surface area (Å²) in [5.41, 5.74) is 0.146. The van der Waals surface area contributed by atoms with E-state index in [4.69, 9.17) is 9.73 Å². The van der Waals surface area contributed by atoms with Crippen LogP contribution in [0.4, 0.5) is 0 Å². The number of rotatable bonds is 5. The summed E-state index contributed by atoms with van der Waals surface area (Å²) < 4.78 is 5.59. The third kappa shape index (κ3) is 4.47. The predicted molar refractivity (Wildman–Crippen MR) is 103 cm³/mol. The van der Waals surface area contributed by atoms with Crippen molar-refractivity contribution in [2.45, 2.75) is 50.6 Å². The van der Waals surface area contributed by atoms with E-state index in [0.29, 0.717) is 0 Å². The van der Waals surface area contributed by atoms with E-state index in [9.17, 15) is 0 Å². The molecule has 0 aromatic heterocycles. The number of aliphatic imine (C=N–C) groups is 1. The van der Waals surface area contributed by atoms with E-state index in [1.54, 1.807) is 0 Å². The van der Waals surface area contributed by atoms with E-state index in [2.05, 4.69) is 41.0 Å². The van der Waals surface area contributed by atoms with Gasteiger partial charge in [-0.15, -0.1) is 0 Å². The van der Waals surface area contributed by atoms with E-state index < -0.39 is 0 Å². The van der Waals surface area contributed by atoms with Gasteiger partial charge < -0.3 is 19.9 Å². The molecule has 0 aliphatic carbocycles. The molecule has 1 N–H and O–H groups in total. The van der Waals surface area contributed by atoms with Crippen LogP contribution in [0.15, 0.2) is 4.99 Å². The SMILES string of the molecule is CCNC(=NCC1(N(C)C)CCOCC1)N1CCC(N2CCCC2)C1. The van der Waals surface area contributed by atoms with Crippen LogP contribution in [-0.2, 0) is 4.74 Å². The maximum Gasteiger partial charge on any atom is 0.194 e. The molecule has 0 saturated carbocycles. The number of likely N-dealkylation sites (tertiary alicyclic amines) is 2. The molecule has 0 spiro atoms. The van der Waals surface area contributed by atoms with Crippen LogP contribution >= 0.6 is 0 Å². The summed E-state index contributed by atoms with van der Waals surface area (Å²) in [6.07, 6.45) is 6.16. The second kappa shape index (κ2) is 8.69. The van der Waals surface area contributed by atoms with Gasteiger partial charge in [-0.25, -0.2) is 0 Å². The van der Waals surface area contributed by atoms with Gasteiger partial charge in [0.2, 0.25) is 0 Å². The highest BCUT2D eigenvalue weighted by Gasteiger charge is 2.36. The lowest BCUT2D eigenvalue weighted by Crippen LogP contribution is -2.52. The summed E-state index contributed by atoms with van der Waals surface area (Å²) in [5.74, 6) is 1.11. The largest absolute Gasteiger partial charge is 0.381 e. The van der Waals surface area contributed by atoms with Gasteiger partial charge in [-0.3, -0.25) is 9.89 Å². The third-order valence-electron chi connectivity index (χ3n) is 6.35. The predicted octanol–water partition coefficient (Wildman–Crippen LogP) is 1.23. The number of nitrogens with one attached hydrogen (secondary N) is 1. The highest BCUT2D eigenvalue weighted by Crippen LogP contribution is 2.27. The van der Waals surface area contributed by atoms with Crippen molar-refractivity contribution < 1.29 is 4.74 Å². The van der Waals surface area contributed by atoms with Crippen LogP contribution in [0.2, 0.25) is 0 Å². The number of guanidine groups is 1. The van der Waals surface area contributed by atoms with Gasteiger partial charge in [0.25, 0.3) is 0 Å². The molecule has 3 fully saturated rings. The molecule has 3 aliphatic heterocycles. The first kappa shape index (κ1) is 18.9. The Morgan fingerprint density at radius 3 is 2.56 bits per heavy atom. The number of hydrogen-bond donors (Lipinski definition) is 1. The zero-order chi connectivity index (χ0) is 17.7. The molecule has 144 valence electrons. The number of hydrogen-bond acceptors (Lipinski definition) is 4. The molecule has 0 amide bonds. The van der Waals surface area contributed by atoms with Crippen molar-refractivity contribution in [1.82, 2.24) is 20.0 Å². The van der Waals surface area contributed by atoms with E-state index in [1.807, 2.05) is 0 Å². The minimum absolute atomic E-state index is 0.146. The molecule has 0 aromatic rings. The van der Waals surface area contributed by atoms with E-state index >= 15 is 0 Å². The Morgan fingerprint density at radius 1 is 1.20 bits per heavy atom. The second-order valence-electron chi connectivity index (χ2n) is 8.03. The van der Waals surface area contributed by atoms with Crippen LogP contribution in [0.3, 0.4) is 0 Å². The molecule has 3 heterocycles.